The highest BCUT2D eigenvalue weighted by Gasteiger charge is 2.38. The molecule has 1 N–H and O–H groups in total. The zero-order valence-electron chi connectivity index (χ0n) is 3.81. The van der Waals surface area contributed by atoms with Gasteiger partial charge in [0.05, 0.1) is 0 Å². The second-order valence-electron chi connectivity index (χ2n) is 0.803. The third kappa shape index (κ3) is 10.8. The summed E-state index contributed by atoms with van der Waals surface area (Å²) in [4.78, 5) is 8.90. The fourth-order valence-electron chi connectivity index (χ4n) is 0. The quantitative estimate of drug-likeness (QED) is 0.654. The van der Waals surface area contributed by atoms with Gasteiger partial charge in [-0.2, -0.15) is 13.2 Å². The molecule has 0 bridgehead atoms. The molecule has 66 valence electrons. The van der Waals surface area contributed by atoms with Crippen LogP contribution in [-0.2, 0) is 4.79 Å². The monoisotopic (exact) mass is 202 g/mol. The van der Waals surface area contributed by atoms with E-state index in [4.69, 9.17) is 9.90 Å². The van der Waals surface area contributed by atoms with E-state index in [1.165, 1.54) is 0 Å². The molecule has 0 aliphatic carbocycles. The van der Waals surface area contributed by atoms with E-state index in [-0.39, 0.29) is 32.2 Å². The molecular weight excluding hydrogens is 196 g/mol. The van der Waals surface area contributed by atoms with E-state index in [0.717, 1.165) is 0 Å². The van der Waals surface area contributed by atoms with Crippen LogP contribution in [0.5, 0.6) is 0 Å². The minimum atomic E-state index is -5.08. The van der Waals surface area contributed by atoms with Crippen LogP contribution in [-0.4, -0.2) is 17.3 Å². The Balaban J connectivity index is -0.0000000600. The van der Waals surface area contributed by atoms with Gasteiger partial charge in [0.2, 0.25) is 0 Å². The second kappa shape index (κ2) is 6.95. The van der Waals surface area contributed by atoms with Crippen molar-refractivity contribution >= 4 is 30.8 Å². The average molecular weight is 203 g/mol. The SMILES string of the molecule is C.Cl.Cl.O=C(O)C(F)(F)F. The molecule has 0 aliphatic rings. The highest BCUT2D eigenvalue weighted by Crippen LogP contribution is 2.13. The minimum Gasteiger partial charge on any atom is -0.475 e. The van der Waals surface area contributed by atoms with Crippen LogP contribution in [0.15, 0.2) is 0 Å². The number of carbonyl (C=O) groups is 1. The van der Waals surface area contributed by atoms with E-state index in [9.17, 15) is 13.2 Å². The van der Waals surface area contributed by atoms with Crippen LogP contribution in [0.1, 0.15) is 7.43 Å². The summed E-state index contributed by atoms with van der Waals surface area (Å²) in [6.07, 6.45) is -5.08. The van der Waals surface area contributed by atoms with Crippen molar-refractivity contribution in [1.82, 2.24) is 0 Å². The number of carboxylic acid groups (broad SMARTS) is 1. The Morgan fingerprint density at radius 1 is 1.20 bits per heavy atom. The summed E-state index contributed by atoms with van der Waals surface area (Å²) in [5.41, 5.74) is 0. The van der Waals surface area contributed by atoms with Crippen LogP contribution in [0.3, 0.4) is 0 Å². The summed E-state index contributed by atoms with van der Waals surface area (Å²) >= 11 is 0. The number of halogens is 5. The predicted octanol–water partition coefficient (Wildman–Crippen LogP) is 2.11. The predicted molar refractivity (Wildman–Crippen MR) is 34.9 cm³/mol. The number of hydrogen-bond acceptors (Lipinski definition) is 1. The van der Waals surface area contributed by atoms with E-state index in [1.54, 1.807) is 0 Å². The van der Waals surface area contributed by atoms with Crippen molar-refractivity contribution < 1.29 is 23.1 Å². The van der Waals surface area contributed by atoms with Crippen molar-refractivity contribution in [2.24, 2.45) is 0 Å². The maximum atomic E-state index is 10.6. The Bertz CT molecular complexity index is 92.2. The number of hydrogen-bond donors (Lipinski definition) is 1. The van der Waals surface area contributed by atoms with Crippen LogP contribution < -0.4 is 0 Å². The molecular formula is C3H7Cl2F3O2. The van der Waals surface area contributed by atoms with Gasteiger partial charge >= 0.3 is 12.1 Å². The van der Waals surface area contributed by atoms with Gasteiger partial charge in [0, 0.05) is 0 Å². The molecule has 0 spiro atoms. The van der Waals surface area contributed by atoms with Gasteiger partial charge in [-0.3, -0.25) is 0 Å². The number of alkyl halides is 3. The van der Waals surface area contributed by atoms with Gasteiger partial charge < -0.3 is 5.11 Å². The number of carboxylic acids is 1. The van der Waals surface area contributed by atoms with E-state index in [0.29, 0.717) is 0 Å². The van der Waals surface area contributed by atoms with Crippen LogP contribution >= 0.6 is 24.8 Å². The lowest BCUT2D eigenvalue weighted by Crippen LogP contribution is -2.21. The molecule has 0 amide bonds. The lowest BCUT2D eigenvalue weighted by atomic mass is 10.7. The first-order chi connectivity index (χ1) is 2.94. The fourth-order valence-corrected chi connectivity index (χ4v) is 0. The molecule has 0 aromatic carbocycles. The largest absolute Gasteiger partial charge is 0.490 e. The summed E-state index contributed by atoms with van der Waals surface area (Å²) in [5, 5.41) is 7.12. The van der Waals surface area contributed by atoms with Gasteiger partial charge in [0.1, 0.15) is 0 Å². The molecule has 0 saturated carbocycles. The van der Waals surface area contributed by atoms with Crippen molar-refractivity contribution in [2.45, 2.75) is 13.6 Å². The summed E-state index contributed by atoms with van der Waals surface area (Å²) in [6, 6.07) is 0. The molecule has 0 radical (unpaired) electrons. The fraction of sp³-hybridized carbons (Fsp3) is 0.667. The normalized spacial score (nSPS) is 7.90. The van der Waals surface area contributed by atoms with Crippen LogP contribution in [0, 0.1) is 0 Å². The molecule has 0 rings (SSSR count). The van der Waals surface area contributed by atoms with Crippen molar-refractivity contribution in [1.29, 1.82) is 0 Å². The topological polar surface area (TPSA) is 37.3 Å². The zero-order chi connectivity index (χ0) is 6.08. The molecule has 10 heavy (non-hydrogen) atoms. The third-order valence-electron chi connectivity index (χ3n) is 0.243. The van der Waals surface area contributed by atoms with Gasteiger partial charge in [-0.25, -0.2) is 4.79 Å². The molecule has 0 saturated heterocycles. The highest BCUT2D eigenvalue weighted by molar-refractivity contribution is 5.85. The van der Waals surface area contributed by atoms with Crippen molar-refractivity contribution in [2.75, 3.05) is 0 Å². The Labute approximate surface area is 68.2 Å². The molecule has 0 aliphatic heterocycles. The van der Waals surface area contributed by atoms with Gasteiger partial charge in [0.25, 0.3) is 0 Å². The molecule has 0 atom stereocenters. The Morgan fingerprint density at radius 2 is 1.30 bits per heavy atom. The lowest BCUT2D eigenvalue weighted by Gasteiger charge is -1.93. The van der Waals surface area contributed by atoms with E-state index >= 15 is 0 Å². The molecule has 2 nitrogen and oxygen atoms in total. The minimum absolute atomic E-state index is 0. The summed E-state index contributed by atoms with van der Waals surface area (Å²) in [5.74, 6) is -2.76. The maximum Gasteiger partial charge on any atom is 0.490 e. The number of aliphatic carboxylic acids is 1. The van der Waals surface area contributed by atoms with Crippen molar-refractivity contribution in [3.8, 4) is 0 Å². The Kier molecular flexibility index (Phi) is 15.7. The lowest BCUT2D eigenvalue weighted by molar-refractivity contribution is -0.192. The Hall–Kier alpha value is -0.160. The molecule has 0 unspecified atom stereocenters. The average Bonchev–Trinajstić information content (AvgIpc) is 1.31. The van der Waals surface area contributed by atoms with Crippen molar-refractivity contribution in [3.63, 3.8) is 0 Å². The summed E-state index contributed by atoms with van der Waals surface area (Å²) < 4.78 is 31.7. The van der Waals surface area contributed by atoms with E-state index < -0.39 is 12.1 Å². The van der Waals surface area contributed by atoms with Gasteiger partial charge in [-0.1, -0.05) is 7.43 Å². The summed E-state index contributed by atoms with van der Waals surface area (Å²) in [6.45, 7) is 0. The zero-order valence-corrected chi connectivity index (χ0v) is 5.44. The first kappa shape index (κ1) is 22.5. The first-order valence-electron chi connectivity index (χ1n) is 1.24. The van der Waals surface area contributed by atoms with Gasteiger partial charge in [0.15, 0.2) is 0 Å². The highest BCUT2D eigenvalue weighted by atomic mass is 35.5. The standard InChI is InChI=1S/C2HF3O2.CH4.2ClH/c3-2(4,5)1(6)7;;;/h(H,6,7);1H4;2*1H. The molecule has 0 aromatic rings. The third-order valence-corrected chi connectivity index (χ3v) is 0.243. The van der Waals surface area contributed by atoms with Crippen LogP contribution in [0.4, 0.5) is 13.2 Å². The summed E-state index contributed by atoms with van der Waals surface area (Å²) in [7, 11) is 0. The van der Waals surface area contributed by atoms with Gasteiger partial charge in [-0.05, 0) is 0 Å². The van der Waals surface area contributed by atoms with E-state index in [1.807, 2.05) is 0 Å². The van der Waals surface area contributed by atoms with Crippen molar-refractivity contribution in [3.05, 3.63) is 0 Å². The van der Waals surface area contributed by atoms with Crippen LogP contribution in [0.2, 0.25) is 0 Å². The number of rotatable bonds is 0. The van der Waals surface area contributed by atoms with Gasteiger partial charge in [-0.15, -0.1) is 24.8 Å². The second-order valence-corrected chi connectivity index (χ2v) is 0.803. The smallest absolute Gasteiger partial charge is 0.475 e. The van der Waals surface area contributed by atoms with Crippen LogP contribution in [0.25, 0.3) is 0 Å². The Morgan fingerprint density at radius 3 is 1.30 bits per heavy atom. The molecule has 0 fully saturated rings. The molecule has 0 aromatic heterocycles. The molecule has 0 heterocycles. The van der Waals surface area contributed by atoms with E-state index in [2.05, 4.69) is 0 Å². The first-order valence-corrected chi connectivity index (χ1v) is 1.24. The molecule has 7 heteroatoms. The maximum absolute atomic E-state index is 10.6.